The Hall–Kier alpha value is -1.68. The van der Waals surface area contributed by atoms with E-state index in [1.54, 1.807) is 25.1 Å². The molecule has 2 aromatic rings. The van der Waals surface area contributed by atoms with E-state index >= 15 is 0 Å². The van der Waals surface area contributed by atoms with Gasteiger partial charge in [-0.3, -0.25) is 0 Å². The summed E-state index contributed by atoms with van der Waals surface area (Å²) in [6.45, 7) is 0. The topological polar surface area (TPSA) is 48.1 Å². The monoisotopic (exact) mass is 246 g/mol. The molecule has 0 saturated heterocycles. The van der Waals surface area contributed by atoms with Crippen LogP contribution in [0.15, 0.2) is 47.5 Å². The highest BCUT2D eigenvalue weighted by molar-refractivity contribution is 7.98. The summed E-state index contributed by atoms with van der Waals surface area (Å²) in [6.07, 6.45) is 1.70. The molecular formula is C13H14N2OS. The van der Waals surface area contributed by atoms with Crippen molar-refractivity contribution in [3.05, 3.63) is 48.2 Å². The second-order valence-electron chi connectivity index (χ2n) is 3.52. The number of rotatable bonds is 4. The molecule has 17 heavy (non-hydrogen) atoms. The Labute approximate surface area is 105 Å². The highest BCUT2D eigenvalue weighted by Crippen LogP contribution is 2.27. The van der Waals surface area contributed by atoms with E-state index in [-0.39, 0.29) is 0 Å². The number of ether oxygens (including phenoxy) is 1. The molecule has 3 nitrogen and oxygen atoms in total. The van der Waals surface area contributed by atoms with Crippen LogP contribution in [0.1, 0.15) is 5.56 Å². The van der Waals surface area contributed by atoms with Gasteiger partial charge in [0.05, 0.1) is 7.11 Å². The molecule has 0 bridgehead atoms. The molecule has 0 fully saturated rings. The van der Waals surface area contributed by atoms with Crippen LogP contribution in [-0.2, 0) is 5.75 Å². The fraction of sp³-hybridized carbons (Fsp3) is 0.154. The molecule has 4 heteroatoms. The van der Waals surface area contributed by atoms with Crippen LogP contribution < -0.4 is 10.5 Å². The third-order valence-electron chi connectivity index (χ3n) is 2.36. The minimum atomic E-state index is 0.600. The van der Waals surface area contributed by atoms with Crippen LogP contribution in [0.5, 0.6) is 5.75 Å². The summed E-state index contributed by atoms with van der Waals surface area (Å²) in [5, 5.41) is 0. The number of anilines is 1. The molecule has 1 heterocycles. The maximum atomic E-state index is 5.79. The van der Waals surface area contributed by atoms with Gasteiger partial charge in [0.2, 0.25) is 0 Å². The number of thioether (sulfide) groups is 1. The molecule has 0 atom stereocenters. The van der Waals surface area contributed by atoms with Crippen molar-refractivity contribution in [2.45, 2.75) is 10.6 Å². The van der Waals surface area contributed by atoms with E-state index in [1.807, 2.05) is 30.3 Å². The summed E-state index contributed by atoms with van der Waals surface area (Å²) >= 11 is 1.72. The molecule has 0 aliphatic carbocycles. The van der Waals surface area contributed by atoms with Crippen molar-refractivity contribution in [1.82, 2.24) is 4.98 Å². The minimum absolute atomic E-state index is 0.600. The van der Waals surface area contributed by atoms with Crippen molar-refractivity contribution in [2.75, 3.05) is 12.8 Å². The Morgan fingerprint density at radius 1 is 1.29 bits per heavy atom. The van der Waals surface area contributed by atoms with Crippen LogP contribution in [-0.4, -0.2) is 12.1 Å². The van der Waals surface area contributed by atoms with Crippen LogP contribution in [0, 0.1) is 0 Å². The van der Waals surface area contributed by atoms with E-state index in [4.69, 9.17) is 10.5 Å². The predicted octanol–water partition coefficient (Wildman–Crippen LogP) is 2.96. The molecule has 0 spiro atoms. The van der Waals surface area contributed by atoms with Crippen molar-refractivity contribution in [3.63, 3.8) is 0 Å². The van der Waals surface area contributed by atoms with Gasteiger partial charge in [-0.25, -0.2) is 4.98 Å². The average Bonchev–Trinajstić information content (AvgIpc) is 2.38. The Bertz CT molecular complexity index is 502. The number of methoxy groups -OCH3 is 1. The molecule has 0 unspecified atom stereocenters. The van der Waals surface area contributed by atoms with Crippen LogP contribution in [0.3, 0.4) is 0 Å². The summed E-state index contributed by atoms with van der Waals surface area (Å²) in [7, 11) is 1.67. The van der Waals surface area contributed by atoms with Gasteiger partial charge in [0.1, 0.15) is 11.6 Å². The Balaban J connectivity index is 2.05. The van der Waals surface area contributed by atoms with Crippen LogP contribution in [0.25, 0.3) is 0 Å². The van der Waals surface area contributed by atoms with E-state index in [0.29, 0.717) is 5.82 Å². The van der Waals surface area contributed by atoms with Gasteiger partial charge in [-0.2, -0.15) is 0 Å². The van der Waals surface area contributed by atoms with Gasteiger partial charge in [-0.15, -0.1) is 11.8 Å². The number of nitrogens with zero attached hydrogens (tertiary/aromatic N) is 1. The number of nitrogens with two attached hydrogens (primary N) is 1. The highest BCUT2D eigenvalue weighted by Gasteiger charge is 2.01. The minimum Gasteiger partial charge on any atom is -0.497 e. The molecule has 1 aromatic heterocycles. The smallest absolute Gasteiger partial charge is 0.127 e. The first kappa shape index (κ1) is 11.8. The van der Waals surface area contributed by atoms with Crippen LogP contribution >= 0.6 is 11.8 Å². The van der Waals surface area contributed by atoms with Gasteiger partial charge in [0.15, 0.2) is 0 Å². The second-order valence-corrected chi connectivity index (χ2v) is 4.56. The molecule has 2 N–H and O–H groups in total. The van der Waals surface area contributed by atoms with E-state index in [1.165, 1.54) is 0 Å². The first-order chi connectivity index (χ1) is 8.29. The SMILES string of the molecule is COc1cccc(SCc2cccnc2N)c1. The summed E-state index contributed by atoms with van der Waals surface area (Å²) in [5.41, 5.74) is 6.85. The number of hydrogen-bond acceptors (Lipinski definition) is 4. The second kappa shape index (κ2) is 5.59. The van der Waals surface area contributed by atoms with Crippen molar-refractivity contribution in [2.24, 2.45) is 0 Å². The molecule has 0 saturated carbocycles. The van der Waals surface area contributed by atoms with E-state index < -0.39 is 0 Å². The zero-order valence-electron chi connectivity index (χ0n) is 9.59. The number of benzene rings is 1. The summed E-state index contributed by atoms with van der Waals surface area (Å²) < 4.78 is 5.18. The fourth-order valence-electron chi connectivity index (χ4n) is 1.42. The molecule has 88 valence electrons. The number of aromatic nitrogens is 1. The Kier molecular flexibility index (Phi) is 3.88. The zero-order chi connectivity index (χ0) is 12.1. The third-order valence-corrected chi connectivity index (χ3v) is 3.40. The van der Waals surface area contributed by atoms with E-state index in [9.17, 15) is 0 Å². The lowest BCUT2D eigenvalue weighted by Crippen LogP contribution is -1.95. The fourth-order valence-corrected chi connectivity index (χ4v) is 2.37. The maximum Gasteiger partial charge on any atom is 0.127 e. The summed E-state index contributed by atoms with van der Waals surface area (Å²) in [4.78, 5) is 5.22. The average molecular weight is 246 g/mol. The maximum absolute atomic E-state index is 5.79. The lowest BCUT2D eigenvalue weighted by Gasteiger charge is -2.05. The first-order valence-electron chi connectivity index (χ1n) is 5.26. The normalized spacial score (nSPS) is 10.2. The van der Waals surface area contributed by atoms with Gasteiger partial charge >= 0.3 is 0 Å². The Morgan fingerprint density at radius 2 is 2.18 bits per heavy atom. The quantitative estimate of drug-likeness (QED) is 0.843. The zero-order valence-corrected chi connectivity index (χ0v) is 10.4. The van der Waals surface area contributed by atoms with Crippen molar-refractivity contribution >= 4 is 17.6 Å². The van der Waals surface area contributed by atoms with Crippen molar-refractivity contribution in [1.29, 1.82) is 0 Å². The summed E-state index contributed by atoms with van der Waals surface area (Å²) in [6, 6.07) is 11.9. The molecule has 0 radical (unpaired) electrons. The first-order valence-corrected chi connectivity index (χ1v) is 6.24. The van der Waals surface area contributed by atoms with Gasteiger partial charge in [0.25, 0.3) is 0 Å². The number of hydrogen-bond donors (Lipinski definition) is 1. The van der Waals surface area contributed by atoms with Crippen molar-refractivity contribution in [3.8, 4) is 5.75 Å². The Morgan fingerprint density at radius 3 is 2.94 bits per heavy atom. The lowest BCUT2D eigenvalue weighted by molar-refractivity contribution is 0.413. The van der Waals surface area contributed by atoms with Gasteiger partial charge in [-0.05, 0) is 24.3 Å². The third kappa shape index (κ3) is 3.14. The lowest BCUT2D eigenvalue weighted by atomic mass is 10.3. The van der Waals surface area contributed by atoms with E-state index in [0.717, 1.165) is 22.0 Å². The van der Waals surface area contributed by atoms with Crippen LogP contribution in [0.2, 0.25) is 0 Å². The standard InChI is InChI=1S/C13H14N2OS/c1-16-11-5-2-6-12(8-11)17-9-10-4-3-7-15-13(10)14/h2-8H,9H2,1H3,(H2,14,15). The van der Waals surface area contributed by atoms with Gasteiger partial charge in [-0.1, -0.05) is 12.1 Å². The molecule has 0 amide bonds. The van der Waals surface area contributed by atoms with Gasteiger partial charge in [0, 0.05) is 22.4 Å². The number of pyridine rings is 1. The van der Waals surface area contributed by atoms with Crippen molar-refractivity contribution < 1.29 is 4.74 Å². The molecule has 0 aliphatic rings. The van der Waals surface area contributed by atoms with E-state index in [2.05, 4.69) is 11.1 Å². The van der Waals surface area contributed by atoms with Gasteiger partial charge < -0.3 is 10.5 Å². The number of nitrogen functional groups attached to an aromatic ring is 1. The highest BCUT2D eigenvalue weighted by atomic mass is 32.2. The summed E-state index contributed by atoms with van der Waals surface area (Å²) in [5.74, 6) is 2.28. The molecular weight excluding hydrogens is 232 g/mol. The predicted molar refractivity (Wildman–Crippen MR) is 71.2 cm³/mol. The molecule has 0 aliphatic heterocycles. The molecule has 1 aromatic carbocycles. The largest absolute Gasteiger partial charge is 0.497 e. The van der Waals surface area contributed by atoms with Crippen LogP contribution in [0.4, 0.5) is 5.82 Å². The molecule has 2 rings (SSSR count).